The van der Waals surface area contributed by atoms with E-state index in [-0.39, 0.29) is 12.6 Å². The van der Waals surface area contributed by atoms with Gasteiger partial charge in [-0.25, -0.2) is 4.68 Å². The number of amides is 1. The highest BCUT2D eigenvalue weighted by Crippen LogP contribution is 2.18. The molecule has 1 fully saturated rings. The Hall–Kier alpha value is -2.50. The number of ether oxygens (including phenoxy) is 2. The molecule has 6 heteroatoms. The molecular weight excluding hydrogens is 294 g/mol. The van der Waals surface area contributed by atoms with Crippen LogP contribution in [-0.4, -0.2) is 28.8 Å². The number of carbonyl (C=O) groups is 1. The molecule has 23 heavy (non-hydrogen) atoms. The van der Waals surface area contributed by atoms with Crippen LogP contribution in [0.3, 0.4) is 0 Å². The average molecular weight is 315 g/mol. The first kappa shape index (κ1) is 15.4. The maximum Gasteiger partial charge on any atom is 0.271 e. The summed E-state index contributed by atoms with van der Waals surface area (Å²) in [5, 5.41) is 7.28. The molecule has 0 bridgehead atoms. The summed E-state index contributed by atoms with van der Waals surface area (Å²) < 4.78 is 12.3. The number of nitrogens with zero attached hydrogens (tertiary/aromatic N) is 2. The molecule has 1 heterocycles. The van der Waals surface area contributed by atoms with Crippen LogP contribution in [0.2, 0.25) is 0 Å². The van der Waals surface area contributed by atoms with Gasteiger partial charge in [0.2, 0.25) is 0 Å². The molecule has 0 aliphatic heterocycles. The molecule has 122 valence electrons. The number of benzene rings is 1. The smallest absolute Gasteiger partial charge is 0.271 e. The number of hydrogen-bond donors (Lipinski definition) is 1. The Kier molecular flexibility index (Phi) is 4.80. The van der Waals surface area contributed by atoms with Crippen molar-refractivity contribution in [2.75, 3.05) is 7.11 Å². The van der Waals surface area contributed by atoms with Crippen molar-refractivity contribution < 1.29 is 14.3 Å². The molecule has 1 aromatic carbocycles. The first-order valence-corrected chi connectivity index (χ1v) is 7.86. The van der Waals surface area contributed by atoms with Crippen LogP contribution in [0, 0.1) is 0 Å². The van der Waals surface area contributed by atoms with Gasteiger partial charge in [0.25, 0.3) is 5.91 Å². The van der Waals surface area contributed by atoms with Gasteiger partial charge in [0.1, 0.15) is 17.2 Å². The van der Waals surface area contributed by atoms with E-state index in [1.165, 1.54) is 12.8 Å². The van der Waals surface area contributed by atoms with Crippen molar-refractivity contribution in [1.82, 2.24) is 15.1 Å². The lowest BCUT2D eigenvalue weighted by molar-refractivity contribution is 0.0930. The Morgan fingerprint density at radius 2 is 1.91 bits per heavy atom. The van der Waals surface area contributed by atoms with Crippen molar-refractivity contribution in [3.8, 4) is 11.5 Å². The number of carbonyl (C=O) groups excluding carboxylic acids is 1. The predicted molar refractivity (Wildman–Crippen MR) is 85.6 cm³/mol. The van der Waals surface area contributed by atoms with Gasteiger partial charge >= 0.3 is 0 Å². The number of hydrogen-bond acceptors (Lipinski definition) is 4. The van der Waals surface area contributed by atoms with Crippen LogP contribution >= 0.6 is 0 Å². The van der Waals surface area contributed by atoms with Gasteiger partial charge in [-0.3, -0.25) is 4.79 Å². The Morgan fingerprint density at radius 3 is 2.61 bits per heavy atom. The second-order valence-electron chi connectivity index (χ2n) is 5.64. The zero-order valence-electron chi connectivity index (χ0n) is 13.2. The fraction of sp³-hybridized carbons (Fsp3) is 0.412. The second-order valence-corrected chi connectivity index (χ2v) is 5.64. The Morgan fingerprint density at radius 1 is 1.22 bits per heavy atom. The van der Waals surface area contributed by atoms with E-state index in [1.807, 2.05) is 24.3 Å². The summed E-state index contributed by atoms with van der Waals surface area (Å²) in [6, 6.07) is 9.33. The van der Waals surface area contributed by atoms with Crippen molar-refractivity contribution in [3.63, 3.8) is 0 Å². The van der Waals surface area contributed by atoms with Crippen LogP contribution in [0.15, 0.2) is 36.5 Å². The van der Waals surface area contributed by atoms with E-state index in [0.29, 0.717) is 11.7 Å². The van der Waals surface area contributed by atoms with Gasteiger partial charge < -0.3 is 14.8 Å². The van der Waals surface area contributed by atoms with Crippen molar-refractivity contribution in [1.29, 1.82) is 0 Å². The Bertz CT molecular complexity index is 645. The first-order chi connectivity index (χ1) is 11.2. The van der Waals surface area contributed by atoms with Gasteiger partial charge in [0.15, 0.2) is 6.73 Å². The van der Waals surface area contributed by atoms with E-state index in [9.17, 15) is 4.79 Å². The summed E-state index contributed by atoms with van der Waals surface area (Å²) in [6.07, 6.45) is 6.25. The van der Waals surface area contributed by atoms with Crippen LogP contribution in [-0.2, 0) is 6.73 Å². The third-order valence-electron chi connectivity index (χ3n) is 3.99. The summed E-state index contributed by atoms with van der Waals surface area (Å²) in [6.45, 7) is 0.253. The van der Waals surface area contributed by atoms with Crippen LogP contribution < -0.4 is 14.8 Å². The van der Waals surface area contributed by atoms with Gasteiger partial charge in [-0.1, -0.05) is 12.8 Å². The molecule has 6 nitrogen and oxygen atoms in total. The zero-order chi connectivity index (χ0) is 16.1. The van der Waals surface area contributed by atoms with E-state index >= 15 is 0 Å². The first-order valence-electron chi connectivity index (χ1n) is 7.86. The molecule has 3 rings (SSSR count). The minimum Gasteiger partial charge on any atom is -0.497 e. The largest absolute Gasteiger partial charge is 0.497 e. The molecule has 1 aliphatic carbocycles. The number of nitrogens with one attached hydrogen (secondary N) is 1. The quantitative estimate of drug-likeness (QED) is 0.890. The normalized spacial score (nSPS) is 14.7. The predicted octanol–water partition coefficient (Wildman–Crippen LogP) is 2.60. The topological polar surface area (TPSA) is 65.4 Å². The van der Waals surface area contributed by atoms with Crippen LogP contribution in [0.4, 0.5) is 0 Å². The maximum atomic E-state index is 12.1. The van der Waals surface area contributed by atoms with Gasteiger partial charge in [0, 0.05) is 12.2 Å². The molecule has 0 atom stereocenters. The lowest BCUT2D eigenvalue weighted by Gasteiger charge is -2.10. The van der Waals surface area contributed by atoms with Gasteiger partial charge in [0.05, 0.1) is 7.11 Å². The minimum atomic E-state index is -0.111. The van der Waals surface area contributed by atoms with Gasteiger partial charge in [-0.15, -0.1) is 0 Å². The van der Waals surface area contributed by atoms with E-state index in [1.54, 1.807) is 24.1 Å². The molecule has 1 aromatic heterocycles. The fourth-order valence-electron chi connectivity index (χ4n) is 2.70. The number of rotatable bonds is 6. The minimum absolute atomic E-state index is 0.111. The number of methoxy groups -OCH3 is 1. The van der Waals surface area contributed by atoms with Gasteiger partial charge in [-0.2, -0.15) is 5.10 Å². The Labute approximate surface area is 135 Å². The van der Waals surface area contributed by atoms with Crippen LogP contribution in [0.25, 0.3) is 0 Å². The molecular formula is C17H21N3O3. The van der Waals surface area contributed by atoms with E-state index in [2.05, 4.69) is 10.4 Å². The molecule has 0 saturated heterocycles. The third kappa shape index (κ3) is 4.03. The summed E-state index contributed by atoms with van der Waals surface area (Å²) in [4.78, 5) is 12.1. The standard InChI is InChI=1S/C17H21N3O3/c1-22-14-6-8-15(9-7-14)23-12-20-11-10-16(19-20)17(21)18-13-4-2-3-5-13/h6-11,13H,2-5,12H2,1H3,(H,18,21). The highest BCUT2D eigenvalue weighted by molar-refractivity contribution is 5.92. The Balaban J connectivity index is 1.52. The summed E-state index contributed by atoms with van der Waals surface area (Å²) >= 11 is 0. The van der Waals surface area contributed by atoms with Crippen LogP contribution in [0.1, 0.15) is 36.2 Å². The molecule has 2 aromatic rings. The average Bonchev–Trinajstić information content (AvgIpc) is 3.25. The summed E-state index contributed by atoms with van der Waals surface area (Å²) in [5.41, 5.74) is 0.426. The second kappa shape index (κ2) is 7.17. The highest BCUT2D eigenvalue weighted by atomic mass is 16.5. The molecule has 0 spiro atoms. The van der Waals surface area contributed by atoms with Crippen LogP contribution in [0.5, 0.6) is 11.5 Å². The highest BCUT2D eigenvalue weighted by Gasteiger charge is 2.19. The lowest BCUT2D eigenvalue weighted by atomic mass is 10.2. The maximum absolute atomic E-state index is 12.1. The molecule has 1 N–H and O–H groups in total. The zero-order valence-corrected chi connectivity index (χ0v) is 13.2. The number of aromatic nitrogens is 2. The van der Waals surface area contributed by atoms with Gasteiger partial charge in [-0.05, 0) is 43.2 Å². The monoisotopic (exact) mass is 315 g/mol. The molecule has 0 radical (unpaired) electrons. The molecule has 1 amide bonds. The summed E-state index contributed by atoms with van der Waals surface area (Å²) in [5.74, 6) is 1.39. The SMILES string of the molecule is COc1ccc(OCn2ccc(C(=O)NC3CCCC3)n2)cc1. The van der Waals surface area contributed by atoms with Crippen molar-refractivity contribution in [2.45, 2.75) is 38.5 Å². The van der Waals surface area contributed by atoms with E-state index in [4.69, 9.17) is 9.47 Å². The van der Waals surface area contributed by atoms with Crippen molar-refractivity contribution >= 4 is 5.91 Å². The molecule has 1 saturated carbocycles. The van der Waals surface area contributed by atoms with Crippen molar-refractivity contribution in [3.05, 3.63) is 42.2 Å². The molecule has 1 aliphatic rings. The molecule has 0 unspecified atom stereocenters. The van der Waals surface area contributed by atoms with E-state index < -0.39 is 0 Å². The third-order valence-corrected chi connectivity index (χ3v) is 3.99. The van der Waals surface area contributed by atoms with Crippen molar-refractivity contribution in [2.24, 2.45) is 0 Å². The van der Waals surface area contributed by atoms with E-state index in [0.717, 1.165) is 24.3 Å². The lowest BCUT2D eigenvalue weighted by Crippen LogP contribution is -2.32. The fourth-order valence-corrected chi connectivity index (χ4v) is 2.70. The summed E-state index contributed by atoms with van der Waals surface area (Å²) in [7, 11) is 1.62.